The van der Waals surface area contributed by atoms with E-state index in [-0.39, 0.29) is 18.4 Å². The van der Waals surface area contributed by atoms with Crippen molar-refractivity contribution >= 4 is 23.5 Å². The van der Waals surface area contributed by atoms with Crippen LogP contribution in [-0.4, -0.2) is 24.4 Å². The van der Waals surface area contributed by atoms with Gasteiger partial charge < -0.3 is 4.74 Å². The number of rotatable bonds is 4. The molecule has 0 unspecified atom stereocenters. The van der Waals surface area contributed by atoms with Crippen LogP contribution in [0.25, 0.3) is 0 Å². The molecule has 1 saturated heterocycles. The Labute approximate surface area is 163 Å². The Morgan fingerprint density at radius 2 is 1.68 bits per heavy atom. The van der Waals surface area contributed by atoms with Crippen molar-refractivity contribution in [1.29, 1.82) is 0 Å². The summed E-state index contributed by atoms with van der Waals surface area (Å²) in [5, 5.41) is 0. The van der Waals surface area contributed by atoms with Gasteiger partial charge in [-0.05, 0) is 31.5 Å². The molecular weight excluding hydrogens is 354 g/mol. The van der Waals surface area contributed by atoms with Crippen molar-refractivity contribution in [1.82, 2.24) is 0 Å². The number of imide groups is 1. The first-order valence-corrected chi connectivity index (χ1v) is 9.41. The smallest absolute Gasteiger partial charge is 0.334 e. The lowest BCUT2D eigenvalue weighted by Gasteiger charge is -2.22. The Balaban J connectivity index is 1.78. The number of esters is 1. The zero-order valence-corrected chi connectivity index (χ0v) is 15.8. The summed E-state index contributed by atoms with van der Waals surface area (Å²) in [6.07, 6.45) is 1.64. The topological polar surface area (TPSA) is 63.7 Å². The van der Waals surface area contributed by atoms with Crippen molar-refractivity contribution in [2.75, 3.05) is 11.5 Å². The van der Waals surface area contributed by atoms with Crippen LogP contribution in [0.2, 0.25) is 0 Å². The maximum Gasteiger partial charge on any atom is 0.334 e. The molecule has 2 aromatic rings. The molecule has 0 radical (unpaired) electrons. The molecular formula is C23H21NO4. The van der Waals surface area contributed by atoms with Crippen LogP contribution in [0.1, 0.15) is 24.0 Å². The van der Waals surface area contributed by atoms with Crippen LogP contribution in [0.4, 0.5) is 5.69 Å². The Hall–Kier alpha value is -3.21. The summed E-state index contributed by atoms with van der Waals surface area (Å²) >= 11 is 0. The summed E-state index contributed by atoms with van der Waals surface area (Å²) in [4.78, 5) is 40.2. The summed E-state index contributed by atoms with van der Waals surface area (Å²) in [6.45, 7) is 3.96. The number of anilines is 1. The third-order valence-electron chi connectivity index (χ3n) is 5.41. The quantitative estimate of drug-likeness (QED) is 0.607. The maximum atomic E-state index is 13.3. The van der Waals surface area contributed by atoms with Gasteiger partial charge in [-0.2, -0.15) is 0 Å². The number of para-hydroxylation sites is 1. The van der Waals surface area contributed by atoms with Gasteiger partial charge in [-0.3, -0.25) is 9.59 Å². The van der Waals surface area contributed by atoms with Gasteiger partial charge in [0.1, 0.15) is 0 Å². The fourth-order valence-electron chi connectivity index (χ4n) is 4.13. The molecule has 3 atom stereocenters. The predicted molar refractivity (Wildman–Crippen MR) is 105 cm³/mol. The van der Waals surface area contributed by atoms with E-state index in [9.17, 15) is 14.4 Å². The number of ether oxygens (including phenoxy) is 1. The van der Waals surface area contributed by atoms with Gasteiger partial charge >= 0.3 is 5.97 Å². The Morgan fingerprint density at radius 3 is 2.32 bits per heavy atom. The average molecular weight is 375 g/mol. The van der Waals surface area contributed by atoms with E-state index in [0.29, 0.717) is 11.3 Å². The van der Waals surface area contributed by atoms with Crippen LogP contribution < -0.4 is 4.90 Å². The highest BCUT2D eigenvalue weighted by Crippen LogP contribution is 2.49. The summed E-state index contributed by atoms with van der Waals surface area (Å²) in [5.41, 5.74) is 2.88. The molecule has 0 N–H and O–H groups in total. The van der Waals surface area contributed by atoms with Crippen LogP contribution >= 0.6 is 0 Å². The lowest BCUT2D eigenvalue weighted by Crippen LogP contribution is -2.33. The second-order valence-corrected chi connectivity index (χ2v) is 7.13. The van der Waals surface area contributed by atoms with Gasteiger partial charge in [0.05, 0.1) is 24.1 Å². The fraction of sp³-hybridized carbons (Fsp3) is 0.261. The summed E-state index contributed by atoms with van der Waals surface area (Å²) in [7, 11) is 0. The van der Waals surface area contributed by atoms with E-state index in [4.69, 9.17) is 4.74 Å². The van der Waals surface area contributed by atoms with Crippen LogP contribution in [0.15, 0.2) is 66.2 Å². The molecule has 0 aromatic heterocycles. The fourth-order valence-corrected chi connectivity index (χ4v) is 4.13. The lowest BCUT2D eigenvalue weighted by molar-refractivity contribution is -0.138. The first-order chi connectivity index (χ1) is 13.5. The maximum absolute atomic E-state index is 13.3. The zero-order valence-electron chi connectivity index (χ0n) is 15.8. The van der Waals surface area contributed by atoms with Gasteiger partial charge in [-0.1, -0.05) is 54.1 Å². The van der Waals surface area contributed by atoms with Crippen LogP contribution in [0.3, 0.4) is 0 Å². The minimum Gasteiger partial charge on any atom is -0.463 e. The molecule has 2 amide bonds. The average Bonchev–Trinajstić information content (AvgIpc) is 3.20. The number of nitrogens with zero attached hydrogens (tertiary/aromatic N) is 1. The number of carbonyl (C=O) groups excluding carboxylic acids is 3. The highest BCUT2D eigenvalue weighted by atomic mass is 16.5. The van der Waals surface area contributed by atoms with Crippen LogP contribution in [-0.2, 0) is 19.1 Å². The molecule has 0 bridgehead atoms. The number of aryl methyl sites for hydroxylation is 1. The molecule has 2 aromatic carbocycles. The van der Waals surface area contributed by atoms with Gasteiger partial charge in [-0.25, -0.2) is 9.69 Å². The largest absolute Gasteiger partial charge is 0.463 e. The number of benzene rings is 2. The molecule has 1 fully saturated rings. The Kier molecular flexibility index (Phi) is 4.59. The van der Waals surface area contributed by atoms with E-state index in [2.05, 4.69) is 0 Å². The molecule has 4 rings (SSSR count). The van der Waals surface area contributed by atoms with Crippen molar-refractivity contribution in [3.8, 4) is 0 Å². The highest BCUT2D eigenvalue weighted by molar-refractivity contribution is 6.24. The van der Waals surface area contributed by atoms with Crippen molar-refractivity contribution < 1.29 is 19.1 Å². The number of amides is 2. The van der Waals surface area contributed by atoms with Gasteiger partial charge in [0, 0.05) is 11.5 Å². The van der Waals surface area contributed by atoms with E-state index >= 15 is 0 Å². The second-order valence-electron chi connectivity index (χ2n) is 7.13. The normalized spacial score (nSPS) is 23.6. The molecule has 0 saturated carbocycles. The van der Waals surface area contributed by atoms with Gasteiger partial charge in [0.2, 0.25) is 11.8 Å². The highest BCUT2D eigenvalue weighted by Gasteiger charge is 2.56. The van der Waals surface area contributed by atoms with Gasteiger partial charge in [0.15, 0.2) is 0 Å². The third kappa shape index (κ3) is 2.83. The molecule has 1 aliphatic carbocycles. The van der Waals surface area contributed by atoms with Crippen molar-refractivity contribution in [3.05, 3.63) is 77.4 Å². The second kappa shape index (κ2) is 7.08. The SMILES string of the molecule is CCOC(=O)C1=C[C@@H]2C(=O)N(c3ccccc3)C(=O)[C@@H]2[C@H]1c1ccc(C)cc1. The molecule has 5 nitrogen and oxygen atoms in total. The van der Waals surface area contributed by atoms with E-state index in [1.165, 1.54) is 4.90 Å². The number of hydrogen-bond acceptors (Lipinski definition) is 4. The predicted octanol–water partition coefficient (Wildman–Crippen LogP) is 3.39. The van der Waals surface area contributed by atoms with Gasteiger partial charge in [0.25, 0.3) is 0 Å². The number of carbonyl (C=O) groups is 3. The minimum absolute atomic E-state index is 0.240. The number of hydrogen-bond donors (Lipinski definition) is 0. The molecule has 0 spiro atoms. The standard InChI is InChI=1S/C23H21NO4/c1-3-28-23(27)18-13-17-20(19(18)15-11-9-14(2)10-12-15)22(26)24(21(17)25)16-7-5-4-6-8-16/h4-13,17,19-20H,3H2,1-2H3/t17-,19-,20-/m0/s1. The van der Waals surface area contributed by atoms with E-state index in [0.717, 1.165) is 11.1 Å². The van der Waals surface area contributed by atoms with Crippen molar-refractivity contribution in [2.45, 2.75) is 19.8 Å². The van der Waals surface area contributed by atoms with Gasteiger partial charge in [-0.15, -0.1) is 0 Å². The summed E-state index contributed by atoms with van der Waals surface area (Å²) < 4.78 is 5.21. The summed E-state index contributed by atoms with van der Waals surface area (Å²) in [5.74, 6) is -2.81. The first kappa shape index (κ1) is 18.2. The molecule has 28 heavy (non-hydrogen) atoms. The molecule has 5 heteroatoms. The monoisotopic (exact) mass is 375 g/mol. The Morgan fingerprint density at radius 1 is 1.00 bits per heavy atom. The van der Waals surface area contributed by atoms with Crippen LogP contribution in [0, 0.1) is 18.8 Å². The van der Waals surface area contributed by atoms with Crippen LogP contribution in [0.5, 0.6) is 0 Å². The molecule has 1 heterocycles. The lowest BCUT2D eigenvalue weighted by atomic mass is 9.82. The molecule has 1 aliphatic heterocycles. The van der Waals surface area contributed by atoms with E-state index in [1.54, 1.807) is 37.3 Å². The summed E-state index contributed by atoms with van der Waals surface area (Å²) in [6, 6.07) is 16.6. The van der Waals surface area contributed by atoms with E-state index < -0.39 is 23.7 Å². The Bertz CT molecular complexity index is 962. The van der Waals surface area contributed by atoms with Crippen molar-refractivity contribution in [3.63, 3.8) is 0 Å². The number of fused-ring (bicyclic) bond motifs is 1. The zero-order chi connectivity index (χ0) is 19.8. The first-order valence-electron chi connectivity index (χ1n) is 9.41. The minimum atomic E-state index is -0.654. The van der Waals surface area contributed by atoms with E-state index in [1.807, 2.05) is 37.3 Å². The molecule has 142 valence electrons. The third-order valence-corrected chi connectivity index (χ3v) is 5.41. The molecule has 2 aliphatic rings. The van der Waals surface area contributed by atoms with Crippen molar-refractivity contribution in [2.24, 2.45) is 11.8 Å².